The van der Waals surface area contributed by atoms with Crippen LogP contribution in [0.5, 0.6) is 11.5 Å². The number of rotatable bonds is 24. The van der Waals surface area contributed by atoms with Crippen LogP contribution in [0.1, 0.15) is 85.9 Å². The third-order valence-corrected chi connectivity index (χ3v) is 13.7. The summed E-state index contributed by atoms with van der Waals surface area (Å²) in [4.78, 5) is 27.6. The first-order chi connectivity index (χ1) is 33.9. The number of amides is 1. The van der Waals surface area contributed by atoms with Crippen molar-refractivity contribution in [3.8, 4) is 11.5 Å². The Bertz CT molecular complexity index is 2540. The summed E-state index contributed by atoms with van der Waals surface area (Å²) in [7, 11) is 0. The largest absolute Gasteiger partial charge is 0.487 e. The van der Waals surface area contributed by atoms with Gasteiger partial charge < -0.3 is 38.7 Å². The van der Waals surface area contributed by atoms with E-state index in [0.717, 1.165) is 70.1 Å². The van der Waals surface area contributed by atoms with E-state index in [1.165, 1.54) is 0 Å². The number of hydrogen-bond donors (Lipinski definition) is 2. The number of ether oxygens (including phenoxy) is 5. The van der Waals surface area contributed by atoms with E-state index >= 15 is 4.79 Å². The molecular weight excluding hydrogens is 871 g/mol. The van der Waals surface area contributed by atoms with Gasteiger partial charge in [-0.15, -0.1) is 6.58 Å². The highest BCUT2D eigenvalue weighted by molar-refractivity contribution is 6.03. The molecular formula is C57H67N3O9. The van der Waals surface area contributed by atoms with Crippen molar-refractivity contribution in [1.82, 2.24) is 9.88 Å². The van der Waals surface area contributed by atoms with Crippen LogP contribution >= 0.6 is 0 Å². The number of pyridine rings is 1. The first kappa shape index (κ1) is 49.4. The average molecular weight is 938 g/mol. The van der Waals surface area contributed by atoms with E-state index in [9.17, 15) is 10.2 Å². The first-order valence-corrected chi connectivity index (χ1v) is 24.6. The molecule has 2 aliphatic carbocycles. The molecule has 4 aromatic carbocycles. The normalized spacial score (nSPS) is 21.9. The molecule has 6 unspecified atom stereocenters. The zero-order valence-electron chi connectivity index (χ0n) is 40.0. The monoisotopic (exact) mass is 937 g/mol. The number of carbonyl (C=O) groups excluding carboxylic acids is 1. The quantitative estimate of drug-likeness (QED) is 0.0349. The van der Waals surface area contributed by atoms with E-state index in [4.69, 9.17) is 33.7 Å². The lowest BCUT2D eigenvalue weighted by atomic mass is 9.55. The van der Waals surface area contributed by atoms with Crippen LogP contribution in [0.25, 0.3) is 10.8 Å². The number of fused-ring (bicyclic) bond motifs is 3. The van der Waals surface area contributed by atoms with Crippen LogP contribution in [-0.2, 0) is 38.8 Å². The van der Waals surface area contributed by atoms with Gasteiger partial charge in [0.05, 0.1) is 43.7 Å². The first-order valence-electron chi connectivity index (χ1n) is 24.6. The van der Waals surface area contributed by atoms with Crippen LogP contribution in [-0.4, -0.2) is 83.4 Å². The molecule has 8 rings (SSSR count). The fourth-order valence-corrected chi connectivity index (χ4v) is 10.7. The number of aliphatic hydroxyl groups excluding tert-OH is 2. The highest BCUT2D eigenvalue weighted by Crippen LogP contribution is 2.62. The number of carbonyl (C=O) groups is 1. The van der Waals surface area contributed by atoms with Crippen molar-refractivity contribution in [1.29, 1.82) is 0 Å². The van der Waals surface area contributed by atoms with Gasteiger partial charge in [0, 0.05) is 36.8 Å². The molecule has 6 atom stereocenters. The Labute approximate surface area is 406 Å². The van der Waals surface area contributed by atoms with Crippen LogP contribution < -0.4 is 9.47 Å². The molecule has 1 fully saturated rings. The Hall–Kier alpha value is -6.05. The number of allylic oxidation sites excluding steroid dienone is 1. The molecule has 0 radical (unpaired) electrons. The molecule has 1 aliphatic heterocycles. The number of hydrogen-bond acceptors (Lipinski definition) is 11. The number of benzene rings is 4. The maximum absolute atomic E-state index is 15.2. The van der Waals surface area contributed by atoms with Crippen LogP contribution in [0.2, 0.25) is 0 Å². The number of aryl methyl sites for hydroxylation is 1. The topological polar surface area (TPSA) is 141 Å². The van der Waals surface area contributed by atoms with Crippen molar-refractivity contribution in [2.24, 2.45) is 22.9 Å². The van der Waals surface area contributed by atoms with Crippen LogP contribution in [0.15, 0.2) is 139 Å². The second-order valence-electron chi connectivity index (χ2n) is 18.2. The summed E-state index contributed by atoms with van der Waals surface area (Å²) in [5, 5.41) is 27.0. The van der Waals surface area contributed by atoms with E-state index in [0.29, 0.717) is 43.3 Å². The molecule has 0 saturated heterocycles. The smallest absolute Gasteiger partial charge is 0.410 e. The van der Waals surface area contributed by atoms with E-state index < -0.39 is 23.8 Å². The van der Waals surface area contributed by atoms with Gasteiger partial charge in [-0.05, 0) is 109 Å². The molecule has 364 valence electrons. The molecule has 12 nitrogen and oxygen atoms in total. The van der Waals surface area contributed by atoms with E-state index in [2.05, 4.69) is 48.0 Å². The molecule has 5 aromatic rings. The minimum absolute atomic E-state index is 0.0228. The van der Waals surface area contributed by atoms with Gasteiger partial charge in [0.2, 0.25) is 5.79 Å². The molecule has 0 spiro atoms. The zero-order valence-corrected chi connectivity index (χ0v) is 40.0. The summed E-state index contributed by atoms with van der Waals surface area (Å²) in [5.74, 6) is -0.781. The number of oxime groups is 1. The second kappa shape index (κ2) is 24.0. The number of aliphatic hydroxyl groups is 2. The third kappa shape index (κ3) is 11.5. The second-order valence-corrected chi connectivity index (χ2v) is 18.2. The Balaban J connectivity index is 1.27. The molecule has 12 heteroatoms. The highest BCUT2D eigenvalue weighted by Gasteiger charge is 2.65. The molecule has 1 amide bonds. The van der Waals surface area contributed by atoms with Gasteiger partial charge in [0.1, 0.15) is 37.4 Å². The van der Waals surface area contributed by atoms with Crippen LogP contribution in [0.3, 0.4) is 0 Å². The lowest BCUT2D eigenvalue weighted by molar-refractivity contribution is -0.256. The van der Waals surface area contributed by atoms with Gasteiger partial charge in [-0.2, -0.15) is 0 Å². The van der Waals surface area contributed by atoms with Gasteiger partial charge in [-0.25, -0.2) is 4.79 Å². The number of aromatic nitrogens is 1. The highest BCUT2D eigenvalue weighted by atomic mass is 16.7. The minimum Gasteiger partial charge on any atom is -0.487 e. The fraction of sp³-hybridized carbons (Fsp3) is 0.421. The standard InChI is InChI=1S/C57H67N3O9/c1-4-31-67-57-53(60(37-44-23-16-22-42-20-9-10-25-47(42)44)56(63)65-33-32-64-38-41-18-7-6-8-19-41)36-51(59-68-5-2)49-34-43(21-11-13-29-61)48(26-12-14-30-62)54(55(49)57)50-35-46(27-28-52(50)69-57)66-39-45-24-15-17-40(3)58-45/h4,6-10,15-20,22-25,27-28,34-35,43,48,53-55,61-62H,1,5,11-14,21,26,29-33,36-39H2,2-3H3. The minimum atomic E-state index is -1.48. The van der Waals surface area contributed by atoms with E-state index in [1.807, 2.05) is 92.7 Å². The molecule has 0 bridgehead atoms. The molecule has 69 heavy (non-hydrogen) atoms. The van der Waals surface area contributed by atoms with Crippen molar-refractivity contribution in [2.75, 3.05) is 39.6 Å². The lowest BCUT2D eigenvalue weighted by Crippen LogP contribution is -2.70. The van der Waals surface area contributed by atoms with E-state index in [-0.39, 0.29) is 70.4 Å². The van der Waals surface area contributed by atoms with Gasteiger partial charge in [-0.1, -0.05) is 109 Å². The molecule has 2 N–H and O–H groups in total. The predicted molar refractivity (Wildman–Crippen MR) is 267 cm³/mol. The molecule has 3 aliphatic rings. The summed E-state index contributed by atoms with van der Waals surface area (Å²) in [6.07, 6.45) is 8.35. The van der Waals surface area contributed by atoms with Gasteiger partial charge in [0.25, 0.3) is 0 Å². The van der Waals surface area contributed by atoms with Gasteiger partial charge in [-0.3, -0.25) is 9.88 Å². The predicted octanol–water partition coefficient (Wildman–Crippen LogP) is 10.6. The summed E-state index contributed by atoms with van der Waals surface area (Å²) >= 11 is 0. The number of unbranched alkanes of at least 4 members (excludes halogenated alkanes) is 2. The van der Waals surface area contributed by atoms with E-state index in [1.54, 1.807) is 11.0 Å². The Morgan fingerprint density at radius 1 is 0.913 bits per heavy atom. The van der Waals surface area contributed by atoms with Gasteiger partial charge in [0.15, 0.2) is 0 Å². The Morgan fingerprint density at radius 3 is 2.49 bits per heavy atom. The molecule has 2 heterocycles. The van der Waals surface area contributed by atoms with Crippen LogP contribution in [0, 0.1) is 24.7 Å². The van der Waals surface area contributed by atoms with Crippen LogP contribution in [0.4, 0.5) is 4.79 Å². The molecule has 1 aromatic heterocycles. The van der Waals surface area contributed by atoms with Gasteiger partial charge >= 0.3 is 6.09 Å². The molecule has 1 saturated carbocycles. The average Bonchev–Trinajstić information content (AvgIpc) is 3.37. The Kier molecular flexibility index (Phi) is 17.2. The van der Waals surface area contributed by atoms with Crippen molar-refractivity contribution in [2.45, 2.75) is 96.3 Å². The summed E-state index contributed by atoms with van der Waals surface area (Å²) in [5.41, 5.74) is 6.32. The van der Waals surface area contributed by atoms with Crippen molar-refractivity contribution in [3.63, 3.8) is 0 Å². The zero-order chi connectivity index (χ0) is 48.0. The maximum atomic E-state index is 15.2. The third-order valence-electron chi connectivity index (χ3n) is 13.7. The Morgan fingerprint density at radius 2 is 1.70 bits per heavy atom. The van der Waals surface area contributed by atoms with Crippen molar-refractivity contribution in [3.05, 3.63) is 162 Å². The summed E-state index contributed by atoms with van der Waals surface area (Å²) < 4.78 is 33.4. The lowest BCUT2D eigenvalue weighted by Gasteiger charge is -2.59. The summed E-state index contributed by atoms with van der Waals surface area (Å²) in [6, 6.07) is 35.3. The number of nitrogens with zero attached hydrogens (tertiary/aromatic N) is 3. The SMILES string of the molecule is C=CCOC12Oc3ccc(OCc4cccc(C)n4)cc3C3C(CCCCO)C(CCCCO)C=C(C(=NOCC)CC1N(Cc1cccc4ccccc14)C(=O)OCCOCc1ccccc1)C32. The summed E-state index contributed by atoms with van der Waals surface area (Å²) in [6.45, 7) is 9.70. The van der Waals surface area contributed by atoms with Crippen molar-refractivity contribution >= 4 is 22.6 Å². The fourth-order valence-electron chi connectivity index (χ4n) is 10.7. The maximum Gasteiger partial charge on any atom is 0.410 e. The van der Waals surface area contributed by atoms with Crippen molar-refractivity contribution < 1.29 is 43.5 Å².